The molecule has 6 nitrogen and oxygen atoms in total. The highest BCUT2D eigenvalue weighted by atomic mass is 32.1. The zero-order valence-electron chi connectivity index (χ0n) is 19.3. The second kappa shape index (κ2) is 11.3. The third kappa shape index (κ3) is 6.33. The quantitative estimate of drug-likeness (QED) is 0.482. The van der Waals surface area contributed by atoms with Crippen LogP contribution in [0.2, 0.25) is 0 Å². The van der Waals surface area contributed by atoms with Crippen molar-refractivity contribution in [3.63, 3.8) is 0 Å². The minimum atomic E-state index is -0.0968. The lowest BCUT2D eigenvalue weighted by Crippen LogP contribution is -2.40. The van der Waals surface area contributed by atoms with Gasteiger partial charge in [-0.2, -0.15) is 0 Å². The fraction of sp³-hybridized carbons (Fsp3) is 0.385. The molecule has 1 amide bonds. The van der Waals surface area contributed by atoms with E-state index >= 15 is 0 Å². The van der Waals surface area contributed by atoms with Gasteiger partial charge in [-0.25, -0.2) is 4.98 Å². The number of nitrogens with one attached hydrogen (secondary N) is 1. The predicted molar refractivity (Wildman–Crippen MR) is 131 cm³/mol. The monoisotopic (exact) mass is 465 g/mol. The zero-order valence-corrected chi connectivity index (χ0v) is 20.1. The Hall–Kier alpha value is -2.90. The first-order valence-corrected chi connectivity index (χ1v) is 12.3. The van der Waals surface area contributed by atoms with E-state index in [0.717, 1.165) is 29.5 Å². The molecule has 7 heteroatoms. The lowest BCUT2D eigenvalue weighted by Gasteiger charge is -2.35. The number of carbonyl (C=O) groups is 1. The Balaban J connectivity index is 1.41. The number of ether oxygens (including phenoxy) is 2. The Morgan fingerprint density at radius 1 is 1.12 bits per heavy atom. The Kier molecular flexibility index (Phi) is 7.96. The molecule has 0 aliphatic carbocycles. The molecule has 174 valence electrons. The molecule has 1 aliphatic rings. The van der Waals surface area contributed by atoms with Gasteiger partial charge in [0.2, 0.25) is 0 Å². The molecular weight excluding hydrogens is 434 g/mol. The number of carbonyl (C=O) groups excluding carboxylic acids is 1. The van der Waals surface area contributed by atoms with E-state index in [0.29, 0.717) is 24.5 Å². The fourth-order valence-corrected chi connectivity index (χ4v) is 4.76. The van der Waals surface area contributed by atoms with Crippen LogP contribution in [-0.4, -0.2) is 42.5 Å². The summed E-state index contributed by atoms with van der Waals surface area (Å²) < 4.78 is 11.2. The number of aromatic nitrogens is 1. The summed E-state index contributed by atoms with van der Waals surface area (Å²) in [5.41, 5.74) is 2.68. The number of hydrogen-bond acceptors (Lipinski definition) is 6. The summed E-state index contributed by atoms with van der Waals surface area (Å²) in [6.45, 7) is 5.01. The fourth-order valence-electron chi connectivity index (χ4n) is 4.16. The van der Waals surface area contributed by atoms with Gasteiger partial charge in [-0.05, 0) is 68.8 Å². The van der Waals surface area contributed by atoms with Gasteiger partial charge in [0, 0.05) is 17.5 Å². The second-order valence-electron chi connectivity index (χ2n) is 8.27. The molecule has 33 heavy (non-hydrogen) atoms. The van der Waals surface area contributed by atoms with Crippen molar-refractivity contribution in [2.24, 2.45) is 0 Å². The first-order chi connectivity index (χ1) is 16.1. The Morgan fingerprint density at radius 2 is 1.91 bits per heavy atom. The van der Waals surface area contributed by atoms with E-state index in [2.05, 4.69) is 27.3 Å². The van der Waals surface area contributed by atoms with Crippen LogP contribution in [0, 0.1) is 6.92 Å². The van der Waals surface area contributed by atoms with Gasteiger partial charge in [0.15, 0.2) is 0 Å². The van der Waals surface area contributed by atoms with Crippen molar-refractivity contribution in [2.45, 2.75) is 38.8 Å². The molecule has 3 aromatic rings. The first kappa shape index (κ1) is 23.3. The van der Waals surface area contributed by atoms with Gasteiger partial charge in [-0.3, -0.25) is 9.69 Å². The van der Waals surface area contributed by atoms with E-state index in [1.54, 1.807) is 24.5 Å². The van der Waals surface area contributed by atoms with Gasteiger partial charge in [-0.15, -0.1) is 11.3 Å². The third-order valence-electron chi connectivity index (χ3n) is 5.94. The topological polar surface area (TPSA) is 63.7 Å². The van der Waals surface area contributed by atoms with Crippen LogP contribution >= 0.6 is 11.3 Å². The third-order valence-corrected chi connectivity index (χ3v) is 6.76. The number of nitrogens with zero attached hydrogens (tertiary/aromatic N) is 2. The smallest absolute Gasteiger partial charge is 0.251 e. The summed E-state index contributed by atoms with van der Waals surface area (Å²) in [6, 6.07) is 15.6. The van der Waals surface area contributed by atoms with Crippen molar-refractivity contribution in [1.29, 1.82) is 0 Å². The number of likely N-dealkylation sites (tertiary alicyclic amines) is 1. The summed E-state index contributed by atoms with van der Waals surface area (Å²) >= 11 is 1.60. The number of thiazole rings is 1. The van der Waals surface area contributed by atoms with Crippen molar-refractivity contribution in [3.05, 3.63) is 75.7 Å². The standard InChI is InChI=1S/C26H31N3O3S/c1-19-28-22(18-33-19)17-32-24-8-6-7-21(15-24)26(30)27-16-25(29-13-4-3-5-14-29)20-9-11-23(31-2)12-10-20/h6-12,15,18,25H,3-5,13-14,16-17H2,1-2H3,(H,27,30). The molecular formula is C26H31N3O3S. The van der Waals surface area contributed by atoms with Crippen LogP contribution in [0.25, 0.3) is 0 Å². The Labute approximate surface area is 199 Å². The van der Waals surface area contributed by atoms with Crippen LogP contribution in [0.15, 0.2) is 53.9 Å². The molecule has 0 spiro atoms. The highest BCUT2D eigenvalue weighted by Gasteiger charge is 2.23. The van der Waals surface area contributed by atoms with Gasteiger partial charge in [0.25, 0.3) is 5.91 Å². The lowest BCUT2D eigenvalue weighted by atomic mass is 10.0. The SMILES string of the molecule is COc1ccc(C(CNC(=O)c2cccc(OCc3csc(C)n3)c2)N2CCCCC2)cc1. The maximum Gasteiger partial charge on any atom is 0.251 e. The average Bonchev–Trinajstić information content (AvgIpc) is 3.29. The maximum absolute atomic E-state index is 13.0. The van der Waals surface area contributed by atoms with E-state index < -0.39 is 0 Å². The van der Waals surface area contributed by atoms with E-state index in [9.17, 15) is 4.79 Å². The van der Waals surface area contributed by atoms with E-state index in [1.807, 2.05) is 42.6 Å². The predicted octanol–water partition coefficient (Wildman–Crippen LogP) is 5.00. The Bertz CT molecular complexity index is 1040. The van der Waals surface area contributed by atoms with Gasteiger partial charge in [0.1, 0.15) is 18.1 Å². The minimum Gasteiger partial charge on any atom is -0.497 e. The highest BCUT2D eigenvalue weighted by molar-refractivity contribution is 7.09. The zero-order chi connectivity index (χ0) is 23.0. The second-order valence-corrected chi connectivity index (χ2v) is 9.33. The molecule has 0 radical (unpaired) electrons. The van der Waals surface area contributed by atoms with E-state index in [1.165, 1.54) is 24.8 Å². The molecule has 2 heterocycles. The van der Waals surface area contributed by atoms with Crippen molar-refractivity contribution >= 4 is 17.2 Å². The van der Waals surface area contributed by atoms with Gasteiger partial charge in [-0.1, -0.05) is 24.6 Å². The highest BCUT2D eigenvalue weighted by Crippen LogP contribution is 2.26. The number of methoxy groups -OCH3 is 1. The van der Waals surface area contributed by atoms with E-state index in [-0.39, 0.29) is 11.9 Å². The largest absolute Gasteiger partial charge is 0.497 e. The van der Waals surface area contributed by atoms with Gasteiger partial charge in [0.05, 0.1) is 23.9 Å². The van der Waals surface area contributed by atoms with Crippen molar-refractivity contribution < 1.29 is 14.3 Å². The molecule has 0 bridgehead atoms. The summed E-state index contributed by atoms with van der Waals surface area (Å²) in [7, 11) is 1.67. The summed E-state index contributed by atoms with van der Waals surface area (Å²) in [5, 5.41) is 6.16. The number of hydrogen-bond donors (Lipinski definition) is 1. The van der Waals surface area contributed by atoms with Crippen molar-refractivity contribution in [1.82, 2.24) is 15.2 Å². The molecule has 1 aromatic heterocycles. The summed E-state index contributed by atoms with van der Waals surface area (Å²) in [5.74, 6) is 1.40. The molecule has 4 rings (SSSR count). The molecule has 1 N–H and O–H groups in total. The summed E-state index contributed by atoms with van der Waals surface area (Å²) in [6.07, 6.45) is 3.66. The van der Waals surface area contributed by atoms with Crippen LogP contribution in [0.5, 0.6) is 11.5 Å². The molecule has 1 atom stereocenters. The number of piperidine rings is 1. The average molecular weight is 466 g/mol. The number of aryl methyl sites for hydroxylation is 1. The van der Waals surface area contributed by atoms with Crippen LogP contribution in [0.3, 0.4) is 0 Å². The molecule has 1 fully saturated rings. The normalized spacial score (nSPS) is 15.1. The number of amides is 1. The minimum absolute atomic E-state index is 0.0968. The van der Waals surface area contributed by atoms with Crippen molar-refractivity contribution in [2.75, 3.05) is 26.7 Å². The summed E-state index contributed by atoms with van der Waals surface area (Å²) in [4.78, 5) is 19.9. The van der Waals surface area contributed by atoms with Crippen LogP contribution in [0.4, 0.5) is 0 Å². The lowest BCUT2D eigenvalue weighted by molar-refractivity contribution is 0.0924. The van der Waals surface area contributed by atoms with E-state index in [4.69, 9.17) is 9.47 Å². The number of rotatable bonds is 9. The first-order valence-electron chi connectivity index (χ1n) is 11.4. The molecule has 1 aliphatic heterocycles. The van der Waals surface area contributed by atoms with Gasteiger partial charge < -0.3 is 14.8 Å². The maximum atomic E-state index is 13.0. The number of benzene rings is 2. The molecule has 1 unspecified atom stereocenters. The van der Waals surface area contributed by atoms with Crippen LogP contribution in [-0.2, 0) is 6.61 Å². The molecule has 2 aromatic carbocycles. The van der Waals surface area contributed by atoms with Crippen molar-refractivity contribution in [3.8, 4) is 11.5 Å². The van der Waals surface area contributed by atoms with Gasteiger partial charge >= 0.3 is 0 Å². The van der Waals surface area contributed by atoms with Crippen LogP contribution in [0.1, 0.15) is 51.9 Å². The Morgan fingerprint density at radius 3 is 2.61 bits per heavy atom. The molecule has 0 saturated carbocycles. The van der Waals surface area contributed by atoms with Crippen LogP contribution < -0.4 is 14.8 Å². The molecule has 1 saturated heterocycles.